The molecule has 0 fully saturated rings. The van der Waals surface area contributed by atoms with Gasteiger partial charge in [-0.25, -0.2) is 0 Å². The molecule has 0 aromatic carbocycles. The van der Waals surface area contributed by atoms with Crippen LogP contribution in [0, 0.1) is 0 Å². The molecular weight excluding hydrogens is 719 g/mol. The summed E-state index contributed by atoms with van der Waals surface area (Å²) in [4.78, 5) is 10.2. The lowest BCUT2D eigenvalue weighted by Crippen LogP contribution is -2.41. The van der Waals surface area contributed by atoms with E-state index in [-0.39, 0.29) is 6.42 Å². The predicted molar refractivity (Wildman–Crippen MR) is 265 cm³/mol. The van der Waals surface area contributed by atoms with Crippen molar-refractivity contribution in [2.45, 2.75) is 329 Å². The summed E-state index contributed by atoms with van der Waals surface area (Å²) >= 11 is 0. The quantitative estimate of drug-likeness (QED) is 0.0452. The number of carbonyl (C=O) groups is 1. The number of quaternary nitrogens is 1. The number of carboxylic acid groups (broad SMARTS) is 1. The Balaban J connectivity index is 0. The standard InChI is InChI=1S/C38H80N.C18H36O2/c1-5-7-9-11-13-15-17-19-21-23-25-27-29-31-33-35-37-39(3,4)38-36-34-32-30-28-26-24-22-20-18-16-14-12-10-8-6-2;1-2-3-4-5-6-7-8-9-10-11-12-13-14-15-16-17-18(19)20/h5-38H2,1-4H3;2-17H2,1H3,(H,19,20)/q+1;/p-1. The fraction of sp³-hybridized carbons (Fsp3) is 0.982. The molecule has 0 heterocycles. The lowest BCUT2D eigenvalue weighted by molar-refractivity contribution is -0.890. The Kier molecular flexibility index (Phi) is 54.9. The van der Waals surface area contributed by atoms with Crippen molar-refractivity contribution in [3.63, 3.8) is 0 Å². The van der Waals surface area contributed by atoms with Gasteiger partial charge in [0.25, 0.3) is 0 Å². The molecule has 0 rings (SSSR count). The number of carboxylic acids is 1. The highest BCUT2D eigenvalue weighted by molar-refractivity contribution is 5.64. The molecule has 0 radical (unpaired) electrons. The van der Waals surface area contributed by atoms with Crippen LogP contribution in [0.25, 0.3) is 0 Å². The smallest absolute Gasteiger partial charge is 0.0782 e. The molecule has 0 amide bonds. The van der Waals surface area contributed by atoms with Gasteiger partial charge in [0.05, 0.1) is 27.2 Å². The summed E-state index contributed by atoms with van der Waals surface area (Å²) < 4.78 is 1.25. The topological polar surface area (TPSA) is 40.1 Å². The molecule has 0 unspecified atom stereocenters. The van der Waals surface area contributed by atoms with E-state index in [4.69, 9.17) is 0 Å². The number of hydrogen-bond donors (Lipinski definition) is 0. The Morgan fingerprint density at radius 2 is 0.424 bits per heavy atom. The third kappa shape index (κ3) is 59.6. The second kappa shape index (κ2) is 53.6. The van der Waals surface area contributed by atoms with Crippen LogP contribution in [0.1, 0.15) is 329 Å². The Hall–Kier alpha value is -0.570. The number of hydrogen-bond acceptors (Lipinski definition) is 2. The molecule has 0 aromatic heterocycles. The van der Waals surface area contributed by atoms with Gasteiger partial charge in [-0.2, -0.15) is 0 Å². The summed E-state index contributed by atoms with van der Waals surface area (Å²) in [6.07, 6.45) is 66.8. The Morgan fingerprint density at radius 1 is 0.271 bits per heavy atom. The van der Waals surface area contributed by atoms with Crippen molar-refractivity contribution in [1.82, 2.24) is 0 Å². The molecule has 0 N–H and O–H groups in total. The minimum absolute atomic E-state index is 0.234. The second-order valence-electron chi connectivity index (χ2n) is 20.1. The maximum atomic E-state index is 10.2. The molecule has 0 saturated heterocycles. The van der Waals surface area contributed by atoms with Crippen LogP contribution in [-0.2, 0) is 4.79 Å². The van der Waals surface area contributed by atoms with Crippen molar-refractivity contribution >= 4 is 5.97 Å². The maximum Gasteiger partial charge on any atom is 0.0782 e. The third-order valence-corrected chi connectivity index (χ3v) is 13.2. The van der Waals surface area contributed by atoms with Crippen LogP contribution in [0.15, 0.2) is 0 Å². The first-order chi connectivity index (χ1) is 28.9. The largest absolute Gasteiger partial charge is 0.550 e. The first kappa shape index (κ1) is 60.5. The third-order valence-electron chi connectivity index (χ3n) is 13.2. The van der Waals surface area contributed by atoms with Crippen molar-refractivity contribution in [2.24, 2.45) is 0 Å². The monoisotopic (exact) mass is 834 g/mol. The molecule has 0 bridgehead atoms. The highest BCUT2D eigenvalue weighted by Gasteiger charge is 2.13. The number of aliphatic carboxylic acids is 1. The van der Waals surface area contributed by atoms with Gasteiger partial charge in [0.15, 0.2) is 0 Å². The summed E-state index contributed by atoms with van der Waals surface area (Å²) in [6, 6.07) is 0. The zero-order valence-corrected chi connectivity index (χ0v) is 42.1. The molecule has 356 valence electrons. The van der Waals surface area contributed by atoms with Crippen LogP contribution in [0.5, 0.6) is 0 Å². The Bertz CT molecular complexity index is 712. The van der Waals surface area contributed by atoms with Crippen LogP contribution in [0.4, 0.5) is 0 Å². The van der Waals surface area contributed by atoms with Gasteiger partial charge in [-0.15, -0.1) is 0 Å². The summed E-state index contributed by atoms with van der Waals surface area (Å²) in [5.74, 6) is -0.903. The average molecular weight is 835 g/mol. The van der Waals surface area contributed by atoms with Gasteiger partial charge in [-0.3, -0.25) is 0 Å². The zero-order valence-electron chi connectivity index (χ0n) is 42.1. The molecule has 0 spiro atoms. The van der Waals surface area contributed by atoms with Crippen LogP contribution in [0.2, 0.25) is 0 Å². The zero-order chi connectivity index (χ0) is 43.4. The highest BCUT2D eigenvalue weighted by Crippen LogP contribution is 2.17. The van der Waals surface area contributed by atoms with Gasteiger partial charge in [0.1, 0.15) is 0 Å². The first-order valence-corrected chi connectivity index (χ1v) is 27.9. The molecular formula is C56H115NO2. The van der Waals surface area contributed by atoms with E-state index in [9.17, 15) is 9.90 Å². The minimum atomic E-state index is -0.903. The van der Waals surface area contributed by atoms with Crippen molar-refractivity contribution < 1.29 is 14.4 Å². The summed E-state index contributed by atoms with van der Waals surface area (Å²) in [5.41, 5.74) is 0. The lowest BCUT2D eigenvalue weighted by Gasteiger charge is -2.30. The molecule has 0 saturated carbocycles. The summed E-state index contributed by atoms with van der Waals surface area (Å²) in [6.45, 7) is 9.66. The van der Waals surface area contributed by atoms with Gasteiger partial charge >= 0.3 is 0 Å². The van der Waals surface area contributed by atoms with Crippen LogP contribution < -0.4 is 5.11 Å². The highest BCUT2D eigenvalue weighted by atomic mass is 16.4. The van der Waals surface area contributed by atoms with Crippen LogP contribution in [-0.4, -0.2) is 37.6 Å². The molecule has 3 nitrogen and oxygen atoms in total. The molecule has 0 aliphatic rings. The van der Waals surface area contributed by atoms with E-state index < -0.39 is 5.97 Å². The first-order valence-electron chi connectivity index (χ1n) is 27.9. The number of unbranched alkanes of at least 4 members (excludes halogenated alkanes) is 44. The van der Waals surface area contributed by atoms with E-state index in [1.54, 1.807) is 0 Å². The van der Waals surface area contributed by atoms with Crippen LogP contribution in [0.3, 0.4) is 0 Å². The van der Waals surface area contributed by atoms with Crippen LogP contribution >= 0.6 is 0 Å². The SMILES string of the molecule is CCCCCCCCCCCCCCCCCC(=O)[O-].CCCCCCCCCCCCCCCCCC[N+](C)(C)CCCCCCCCCCCCCCCCCC. The second-order valence-corrected chi connectivity index (χ2v) is 20.1. The van der Waals surface area contributed by atoms with E-state index >= 15 is 0 Å². The van der Waals surface area contributed by atoms with Gasteiger partial charge in [0, 0.05) is 5.97 Å². The van der Waals surface area contributed by atoms with E-state index in [1.165, 1.54) is 307 Å². The molecule has 0 aliphatic heterocycles. The van der Waals surface area contributed by atoms with Gasteiger partial charge < -0.3 is 14.4 Å². The normalized spacial score (nSPS) is 11.6. The summed E-state index contributed by atoms with van der Waals surface area (Å²) in [7, 11) is 4.94. The number of nitrogens with zero attached hydrogens (tertiary/aromatic N) is 1. The number of rotatable bonds is 50. The molecule has 0 aromatic rings. The van der Waals surface area contributed by atoms with Crippen molar-refractivity contribution in [3.8, 4) is 0 Å². The molecule has 3 heteroatoms. The Labute approximate surface area is 375 Å². The molecule has 0 atom stereocenters. The van der Waals surface area contributed by atoms with E-state index in [1.807, 2.05) is 0 Å². The van der Waals surface area contributed by atoms with E-state index in [2.05, 4.69) is 34.9 Å². The molecule has 0 aliphatic carbocycles. The van der Waals surface area contributed by atoms with Crippen molar-refractivity contribution in [3.05, 3.63) is 0 Å². The van der Waals surface area contributed by atoms with Gasteiger partial charge in [0.2, 0.25) is 0 Å². The van der Waals surface area contributed by atoms with Crippen molar-refractivity contribution in [1.29, 1.82) is 0 Å². The van der Waals surface area contributed by atoms with E-state index in [0.717, 1.165) is 12.8 Å². The summed E-state index contributed by atoms with van der Waals surface area (Å²) in [5, 5.41) is 10.2. The average Bonchev–Trinajstić information content (AvgIpc) is 3.22. The molecule has 59 heavy (non-hydrogen) atoms. The van der Waals surface area contributed by atoms with Crippen molar-refractivity contribution in [2.75, 3.05) is 27.2 Å². The predicted octanol–water partition coefficient (Wildman–Crippen LogP) is 18.6. The fourth-order valence-electron chi connectivity index (χ4n) is 8.93. The minimum Gasteiger partial charge on any atom is -0.550 e. The van der Waals surface area contributed by atoms with Gasteiger partial charge in [-0.1, -0.05) is 290 Å². The Morgan fingerprint density at radius 3 is 0.593 bits per heavy atom. The van der Waals surface area contributed by atoms with E-state index in [0.29, 0.717) is 0 Å². The lowest BCUT2D eigenvalue weighted by atomic mass is 10.0. The maximum absolute atomic E-state index is 10.2. The fourth-order valence-corrected chi connectivity index (χ4v) is 8.93. The van der Waals surface area contributed by atoms with Gasteiger partial charge in [-0.05, 0) is 38.5 Å². The number of carbonyl (C=O) groups excluding carboxylic acids is 1.